The van der Waals surface area contributed by atoms with Crippen LogP contribution < -0.4 is 0 Å². The fraction of sp³-hybridized carbons (Fsp3) is 0.158. The molecule has 0 radical (unpaired) electrons. The van der Waals surface area contributed by atoms with Gasteiger partial charge in [-0.15, -0.1) is 0 Å². The van der Waals surface area contributed by atoms with E-state index in [0.29, 0.717) is 4.91 Å². The Bertz CT molecular complexity index is 867. The summed E-state index contributed by atoms with van der Waals surface area (Å²) in [5.74, 6) is -0.0400. The van der Waals surface area contributed by atoms with Crippen molar-refractivity contribution < 1.29 is 14.7 Å². The number of halogens is 1. The zero-order chi connectivity index (χ0) is 18.1. The van der Waals surface area contributed by atoms with Crippen molar-refractivity contribution in [1.29, 1.82) is 0 Å². The first-order chi connectivity index (χ1) is 11.8. The van der Waals surface area contributed by atoms with Gasteiger partial charge in [0.05, 0.1) is 11.4 Å². The number of carbonyl (C=O) groups excluding carboxylic acids is 2. The fourth-order valence-corrected chi connectivity index (χ4v) is 3.74. The average Bonchev–Trinajstić information content (AvgIpc) is 2.82. The lowest BCUT2D eigenvalue weighted by Gasteiger charge is -2.12. The van der Waals surface area contributed by atoms with Gasteiger partial charge in [0.15, 0.2) is 0 Å². The molecule has 4 nitrogen and oxygen atoms in total. The molecule has 2 amide bonds. The van der Waals surface area contributed by atoms with Crippen LogP contribution in [0.5, 0.6) is 5.75 Å². The second-order valence-corrected chi connectivity index (χ2v) is 7.81. The summed E-state index contributed by atoms with van der Waals surface area (Å²) in [7, 11) is 0. The molecule has 2 aromatic carbocycles. The zero-order valence-electron chi connectivity index (χ0n) is 13.7. The molecule has 1 aliphatic heterocycles. The van der Waals surface area contributed by atoms with Crippen molar-refractivity contribution in [3.63, 3.8) is 0 Å². The number of hydrogen-bond donors (Lipinski definition) is 1. The number of phenols is 1. The number of amides is 2. The molecule has 0 spiro atoms. The normalized spacial score (nSPS) is 16.1. The van der Waals surface area contributed by atoms with Crippen molar-refractivity contribution in [1.82, 2.24) is 4.90 Å². The Morgan fingerprint density at radius 1 is 1.12 bits per heavy atom. The predicted molar refractivity (Wildman–Crippen MR) is 103 cm³/mol. The highest BCUT2D eigenvalue weighted by Gasteiger charge is 2.34. The number of phenolic OH excluding ortho intramolecular Hbond substituents is 1. The minimum Gasteiger partial charge on any atom is -0.507 e. The summed E-state index contributed by atoms with van der Waals surface area (Å²) < 4.78 is 0.948. The van der Waals surface area contributed by atoms with Crippen LogP contribution in [0.1, 0.15) is 22.3 Å². The summed E-state index contributed by atoms with van der Waals surface area (Å²) in [5.41, 5.74) is 3.16. The number of rotatable bonds is 3. The van der Waals surface area contributed by atoms with Crippen LogP contribution in [-0.2, 0) is 11.3 Å². The van der Waals surface area contributed by atoms with Gasteiger partial charge in [0, 0.05) is 4.47 Å². The van der Waals surface area contributed by atoms with Crippen LogP contribution in [0.4, 0.5) is 4.79 Å². The zero-order valence-corrected chi connectivity index (χ0v) is 16.1. The lowest BCUT2D eigenvalue weighted by atomic mass is 10.1. The van der Waals surface area contributed by atoms with Crippen LogP contribution in [0.2, 0.25) is 0 Å². The van der Waals surface area contributed by atoms with Crippen LogP contribution in [0.15, 0.2) is 45.8 Å². The highest BCUT2D eigenvalue weighted by molar-refractivity contribution is 9.10. The SMILES string of the molecule is Cc1cc(/C=C2\SC(=O)N(Cc3ccc(Br)cc3)C2=O)cc(C)c1O. The molecular weight excluding hydrogens is 402 g/mol. The first kappa shape index (κ1) is 17.8. The molecule has 1 heterocycles. The molecule has 0 atom stereocenters. The summed E-state index contributed by atoms with van der Waals surface area (Å²) in [6, 6.07) is 11.1. The molecule has 1 fully saturated rings. The molecule has 0 saturated carbocycles. The molecule has 1 saturated heterocycles. The summed E-state index contributed by atoms with van der Waals surface area (Å²) in [6.45, 7) is 3.86. The molecule has 128 valence electrons. The quantitative estimate of drug-likeness (QED) is 0.713. The van der Waals surface area contributed by atoms with Gasteiger partial charge in [-0.05, 0) is 78.2 Å². The smallest absolute Gasteiger partial charge is 0.293 e. The minimum absolute atomic E-state index is 0.250. The highest BCUT2D eigenvalue weighted by Crippen LogP contribution is 2.34. The number of thioether (sulfide) groups is 1. The monoisotopic (exact) mass is 417 g/mol. The minimum atomic E-state index is -0.290. The Morgan fingerprint density at radius 3 is 2.32 bits per heavy atom. The van der Waals surface area contributed by atoms with Gasteiger partial charge >= 0.3 is 0 Å². The molecule has 0 aliphatic carbocycles. The van der Waals surface area contributed by atoms with Gasteiger partial charge in [0.2, 0.25) is 0 Å². The number of benzene rings is 2. The van der Waals surface area contributed by atoms with Crippen molar-refractivity contribution >= 4 is 44.9 Å². The second kappa shape index (κ2) is 7.06. The summed E-state index contributed by atoms with van der Waals surface area (Å²) >= 11 is 4.31. The standard InChI is InChI=1S/C19H16BrNO3S/c1-11-7-14(8-12(2)17(11)22)9-16-18(23)21(19(24)25-16)10-13-3-5-15(20)6-4-13/h3-9,22H,10H2,1-2H3/b16-9-. The molecule has 0 aromatic heterocycles. The molecule has 2 aromatic rings. The molecule has 1 N–H and O–H groups in total. The molecule has 25 heavy (non-hydrogen) atoms. The first-order valence-electron chi connectivity index (χ1n) is 7.65. The maximum atomic E-state index is 12.6. The van der Waals surface area contributed by atoms with Gasteiger partial charge in [-0.2, -0.15) is 0 Å². The summed E-state index contributed by atoms with van der Waals surface area (Å²) in [5, 5.41) is 9.58. The topological polar surface area (TPSA) is 57.6 Å². The maximum Gasteiger partial charge on any atom is 0.293 e. The number of aromatic hydroxyl groups is 1. The third kappa shape index (κ3) is 3.80. The van der Waals surface area contributed by atoms with E-state index in [1.54, 1.807) is 32.1 Å². The molecule has 6 heteroatoms. The van der Waals surface area contributed by atoms with Gasteiger partial charge in [-0.25, -0.2) is 0 Å². The summed E-state index contributed by atoms with van der Waals surface area (Å²) in [6.07, 6.45) is 1.70. The van der Waals surface area contributed by atoms with Crippen molar-refractivity contribution in [3.8, 4) is 5.75 Å². The molecule has 0 unspecified atom stereocenters. The number of carbonyl (C=O) groups is 2. The average molecular weight is 418 g/mol. The highest BCUT2D eigenvalue weighted by atomic mass is 79.9. The Labute approximate surface area is 158 Å². The number of nitrogens with zero attached hydrogens (tertiary/aromatic N) is 1. The third-order valence-electron chi connectivity index (χ3n) is 3.94. The van der Waals surface area contributed by atoms with Gasteiger partial charge in [0.25, 0.3) is 11.1 Å². The molecular formula is C19H16BrNO3S. The van der Waals surface area contributed by atoms with Gasteiger partial charge in [-0.1, -0.05) is 28.1 Å². The Balaban J connectivity index is 1.84. The molecule has 1 aliphatic rings. The van der Waals surface area contributed by atoms with Crippen LogP contribution in [0.3, 0.4) is 0 Å². The van der Waals surface area contributed by atoms with E-state index in [1.807, 2.05) is 24.3 Å². The summed E-state index contributed by atoms with van der Waals surface area (Å²) in [4.78, 5) is 26.5. The van der Waals surface area contributed by atoms with Crippen LogP contribution >= 0.6 is 27.7 Å². The van der Waals surface area contributed by atoms with Crippen molar-refractivity contribution in [2.75, 3.05) is 0 Å². The van der Waals surface area contributed by atoms with Crippen molar-refractivity contribution in [3.05, 3.63) is 68.0 Å². The van der Waals surface area contributed by atoms with E-state index in [0.717, 1.165) is 38.5 Å². The first-order valence-corrected chi connectivity index (χ1v) is 9.26. The van der Waals surface area contributed by atoms with E-state index in [2.05, 4.69) is 15.9 Å². The lowest BCUT2D eigenvalue weighted by Crippen LogP contribution is -2.27. The van der Waals surface area contributed by atoms with Gasteiger partial charge < -0.3 is 5.11 Å². The van der Waals surface area contributed by atoms with E-state index < -0.39 is 0 Å². The lowest BCUT2D eigenvalue weighted by molar-refractivity contribution is -0.123. The van der Waals surface area contributed by atoms with E-state index in [4.69, 9.17) is 0 Å². The molecule has 3 rings (SSSR count). The Kier molecular flexibility index (Phi) is 5.01. The fourth-order valence-electron chi connectivity index (χ4n) is 2.63. The number of imide groups is 1. The number of hydrogen-bond acceptors (Lipinski definition) is 4. The van der Waals surface area contributed by atoms with E-state index in [1.165, 1.54) is 4.90 Å². The second-order valence-electron chi connectivity index (χ2n) is 5.90. The van der Waals surface area contributed by atoms with Crippen molar-refractivity contribution in [2.45, 2.75) is 20.4 Å². The predicted octanol–water partition coefficient (Wildman–Crippen LogP) is 5.01. The van der Waals surface area contributed by atoms with Crippen LogP contribution in [0, 0.1) is 13.8 Å². The molecule has 0 bridgehead atoms. The van der Waals surface area contributed by atoms with E-state index in [-0.39, 0.29) is 23.4 Å². The maximum absolute atomic E-state index is 12.6. The Hall–Kier alpha value is -2.05. The Morgan fingerprint density at radius 2 is 1.72 bits per heavy atom. The van der Waals surface area contributed by atoms with E-state index >= 15 is 0 Å². The van der Waals surface area contributed by atoms with E-state index in [9.17, 15) is 14.7 Å². The van der Waals surface area contributed by atoms with Crippen molar-refractivity contribution in [2.24, 2.45) is 0 Å². The largest absolute Gasteiger partial charge is 0.507 e. The van der Waals surface area contributed by atoms with Gasteiger partial charge in [-0.3, -0.25) is 14.5 Å². The van der Waals surface area contributed by atoms with Crippen LogP contribution in [-0.4, -0.2) is 21.2 Å². The number of aryl methyl sites for hydroxylation is 2. The third-order valence-corrected chi connectivity index (χ3v) is 5.37. The van der Waals surface area contributed by atoms with Crippen LogP contribution in [0.25, 0.3) is 6.08 Å². The van der Waals surface area contributed by atoms with Gasteiger partial charge in [0.1, 0.15) is 5.75 Å².